The van der Waals surface area contributed by atoms with E-state index >= 15 is 0 Å². The van der Waals surface area contributed by atoms with Crippen molar-refractivity contribution in [1.29, 1.82) is 5.26 Å². The summed E-state index contributed by atoms with van der Waals surface area (Å²) >= 11 is 0. The van der Waals surface area contributed by atoms with Crippen LogP contribution in [0, 0.1) is 17.4 Å². The van der Waals surface area contributed by atoms with Crippen molar-refractivity contribution in [3.05, 3.63) is 60.0 Å². The molecule has 3 rings (SSSR count). The van der Waals surface area contributed by atoms with E-state index in [0.29, 0.717) is 12.1 Å². The molecule has 1 unspecified atom stereocenters. The Morgan fingerprint density at radius 2 is 1.49 bits per heavy atom. The van der Waals surface area contributed by atoms with Gasteiger partial charge in [0.1, 0.15) is 30.2 Å². The first-order chi connectivity index (χ1) is 25.6. The van der Waals surface area contributed by atoms with Crippen molar-refractivity contribution in [2.45, 2.75) is 128 Å². The van der Waals surface area contributed by atoms with Crippen LogP contribution in [0.4, 0.5) is 5.82 Å². The number of hydrogen-bond donors (Lipinski definition) is 4. The summed E-state index contributed by atoms with van der Waals surface area (Å²) < 4.78 is 41.2. The maximum Gasteiger partial charge on any atom is 0.472 e. The summed E-state index contributed by atoms with van der Waals surface area (Å²) in [6.07, 6.45) is 13.4. The molecule has 2 aromatic heterocycles. The Balaban J connectivity index is 1.38. The van der Waals surface area contributed by atoms with Gasteiger partial charge in [-0.1, -0.05) is 121 Å². The van der Waals surface area contributed by atoms with Crippen LogP contribution in [0.5, 0.6) is 0 Å². The van der Waals surface area contributed by atoms with Gasteiger partial charge in [0.25, 0.3) is 6.26 Å². The molecule has 0 spiro atoms. The van der Waals surface area contributed by atoms with Crippen molar-refractivity contribution >= 4 is 19.2 Å². The minimum atomic E-state index is -4.73. The van der Waals surface area contributed by atoms with Crippen LogP contribution in [0.3, 0.4) is 0 Å². The van der Waals surface area contributed by atoms with Crippen molar-refractivity contribution in [2.24, 2.45) is 5.92 Å². The highest BCUT2D eigenvalue weighted by molar-refractivity contribution is 7.47. The first-order valence-corrected chi connectivity index (χ1v) is 20.4. The predicted octanol–water partition coefficient (Wildman–Crippen LogP) is 7.03. The molecule has 5 atom stereocenters. The number of phosphoric ester groups is 1. The first-order valence-electron chi connectivity index (χ1n) is 19.0. The van der Waals surface area contributed by atoms with Crippen LogP contribution in [-0.4, -0.2) is 74.4 Å². The number of ether oxygens (including phenoxy) is 3. The Labute approximate surface area is 314 Å². The standard InChI is InChI=1S/C38H60N5O9P/c1-30(2)18-14-11-9-7-5-3-4-6-8-10-12-17-23-48-25-32(49-24-31-19-15-13-16-20-31)26-51-53(46,47)52-27-35(50-28-39)37(45)36(44)33-21-22-34-38(40)41-29-42-43(33)34/h13,15-16,19-22,29-30,32,35-37,44-45H,3-12,14,17-18,23-27H2,1-2H3,(H,46,47)(H2,40,41,42)/t32-,35-,36+,37-/m1/s1. The van der Waals surface area contributed by atoms with Gasteiger partial charge in [0.2, 0.25) is 0 Å². The van der Waals surface area contributed by atoms with E-state index in [-0.39, 0.29) is 31.3 Å². The van der Waals surface area contributed by atoms with Crippen molar-refractivity contribution in [3.63, 3.8) is 0 Å². The number of nitrogens with zero attached hydrogens (tertiary/aromatic N) is 4. The average Bonchev–Trinajstić information content (AvgIpc) is 3.59. The van der Waals surface area contributed by atoms with Gasteiger partial charge in [0, 0.05) is 6.61 Å². The van der Waals surface area contributed by atoms with Gasteiger partial charge in [0.15, 0.2) is 11.9 Å². The second-order valence-electron chi connectivity index (χ2n) is 13.9. The molecule has 0 fully saturated rings. The molecule has 0 amide bonds. The lowest BCUT2D eigenvalue weighted by molar-refractivity contribution is -0.0821. The highest BCUT2D eigenvalue weighted by Crippen LogP contribution is 2.44. The molecular weight excluding hydrogens is 701 g/mol. The zero-order valence-corrected chi connectivity index (χ0v) is 32.2. The van der Waals surface area contributed by atoms with Gasteiger partial charge in [-0.25, -0.2) is 14.1 Å². The molecule has 14 nitrogen and oxygen atoms in total. The quantitative estimate of drug-likeness (QED) is 0.0306. The minimum absolute atomic E-state index is 0.124. The van der Waals surface area contributed by atoms with E-state index in [1.54, 1.807) is 6.07 Å². The number of aliphatic hydroxyl groups is 2. The number of anilines is 1. The Kier molecular flexibility index (Phi) is 20.9. The number of rotatable bonds is 30. The minimum Gasteiger partial charge on any atom is -0.419 e. The summed E-state index contributed by atoms with van der Waals surface area (Å²) in [5.41, 5.74) is 7.27. The van der Waals surface area contributed by atoms with Crippen LogP contribution in [0.1, 0.15) is 115 Å². The normalized spacial score (nSPS) is 15.2. The molecule has 0 radical (unpaired) electrons. The molecule has 2 heterocycles. The van der Waals surface area contributed by atoms with Crippen LogP contribution in [0.15, 0.2) is 48.8 Å². The van der Waals surface area contributed by atoms with Crippen molar-refractivity contribution in [1.82, 2.24) is 14.6 Å². The van der Waals surface area contributed by atoms with Crippen molar-refractivity contribution < 1.29 is 42.9 Å². The van der Waals surface area contributed by atoms with Gasteiger partial charge >= 0.3 is 7.82 Å². The van der Waals surface area contributed by atoms with Gasteiger partial charge in [-0.2, -0.15) is 10.4 Å². The third kappa shape index (κ3) is 17.3. The number of benzene rings is 1. The smallest absolute Gasteiger partial charge is 0.419 e. The summed E-state index contributed by atoms with van der Waals surface area (Å²) in [4.78, 5) is 14.3. The fourth-order valence-corrected chi connectivity index (χ4v) is 6.66. The van der Waals surface area contributed by atoms with Gasteiger partial charge in [-0.05, 0) is 30.0 Å². The molecule has 5 N–H and O–H groups in total. The highest BCUT2D eigenvalue weighted by atomic mass is 31.2. The lowest BCUT2D eigenvalue weighted by Crippen LogP contribution is -2.37. The number of aromatic nitrogens is 3. The average molecular weight is 762 g/mol. The number of nitrogens with two attached hydrogens (primary N) is 1. The van der Waals surface area contributed by atoms with Crippen LogP contribution in [0.25, 0.3) is 5.52 Å². The summed E-state index contributed by atoms with van der Waals surface area (Å²) in [6.45, 7) is 4.39. The van der Waals surface area contributed by atoms with Crippen LogP contribution in [0.2, 0.25) is 0 Å². The maximum absolute atomic E-state index is 12.9. The molecule has 0 aliphatic carbocycles. The fraction of sp³-hybridized carbons (Fsp3) is 0.658. The van der Waals surface area contributed by atoms with E-state index in [2.05, 4.69) is 23.9 Å². The summed E-state index contributed by atoms with van der Waals surface area (Å²) in [6, 6.07) is 12.5. The van der Waals surface area contributed by atoms with E-state index in [9.17, 15) is 19.7 Å². The van der Waals surface area contributed by atoms with E-state index < -0.39 is 38.8 Å². The number of nitrogen functional groups attached to an aromatic ring is 1. The maximum atomic E-state index is 12.9. The Morgan fingerprint density at radius 3 is 2.13 bits per heavy atom. The van der Waals surface area contributed by atoms with E-state index in [1.165, 1.54) is 87.4 Å². The topological polar surface area (TPSA) is 204 Å². The number of phosphoric acid groups is 1. The summed E-state index contributed by atoms with van der Waals surface area (Å²) in [5.74, 6) is 0.967. The van der Waals surface area contributed by atoms with Gasteiger partial charge in [-0.3, -0.25) is 9.05 Å². The fourth-order valence-electron chi connectivity index (χ4n) is 5.90. The second-order valence-corrected chi connectivity index (χ2v) is 15.3. The molecule has 0 aliphatic rings. The van der Waals surface area contributed by atoms with Crippen LogP contribution >= 0.6 is 7.82 Å². The molecule has 0 saturated carbocycles. The molecule has 1 aromatic carbocycles. The lowest BCUT2D eigenvalue weighted by atomic mass is 10.0. The number of hydrogen-bond acceptors (Lipinski definition) is 12. The summed E-state index contributed by atoms with van der Waals surface area (Å²) in [5, 5.41) is 34.9. The largest absolute Gasteiger partial charge is 0.472 e. The molecular formula is C38H60N5O9P. The molecule has 53 heavy (non-hydrogen) atoms. The van der Waals surface area contributed by atoms with E-state index in [0.717, 1.165) is 30.7 Å². The molecule has 0 bridgehead atoms. The van der Waals surface area contributed by atoms with Gasteiger partial charge < -0.3 is 35.1 Å². The number of nitriles is 1. The first kappa shape index (κ1) is 44.3. The Bertz CT molecular complexity index is 1510. The van der Waals surface area contributed by atoms with Crippen molar-refractivity contribution in [3.8, 4) is 6.26 Å². The summed E-state index contributed by atoms with van der Waals surface area (Å²) in [7, 11) is -4.73. The molecule has 15 heteroatoms. The Hall–Kier alpha value is -3.12. The van der Waals surface area contributed by atoms with Gasteiger partial charge in [-0.15, -0.1) is 0 Å². The lowest BCUT2D eigenvalue weighted by Gasteiger charge is -2.25. The zero-order chi connectivity index (χ0) is 38.3. The monoisotopic (exact) mass is 761 g/mol. The number of fused-ring (bicyclic) bond motifs is 1. The van der Waals surface area contributed by atoms with Crippen LogP contribution in [-0.2, 0) is 34.4 Å². The van der Waals surface area contributed by atoms with E-state index in [4.69, 9.17) is 34.3 Å². The SMILES string of the molecule is CC(C)CCCCCCCCCCCCCCOC[C@H](COP(=O)(O)OC[C@@H](OC#N)[C@@H](O)[C@@H](O)c1ccc2c(N)ncnn12)OCc1ccccc1. The highest BCUT2D eigenvalue weighted by Gasteiger charge is 2.35. The van der Waals surface area contributed by atoms with Gasteiger partial charge in [0.05, 0.1) is 32.1 Å². The molecule has 0 aliphatic heterocycles. The number of unbranched alkanes of at least 4 members (excludes halogenated alkanes) is 11. The molecule has 0 saturated heterocycles. The predicted molar refractivity (Wildman–Crippen MR) is 201 cm³/mol. The molecule has 3 aromatic rings. The third-order valence-electron chi connectivity index (χ3n) is 9.00. The third-order valence-corrected chi connectivity index (χ3v) is 9.95. The zero-order valence-electron chi connectivity index (χ0n) is 31.3. The van der Waals surface area contributed by atoms with Crippen molar-refractivity contribution in [2.75, 3.05) is 32.2 Å². The molecule has 296 valence electrons. The van der Waals surface area contributed by atoms with E-state index in [1.807, 2.05) is 30.3 Å². The number of aliphatic hydroxyl groups excluding tert-OH is 2. The van der Waals surface area contributed by atoms with Crippen LogP contribution < -0.4 is 5.73 Å². The second kappa shape index (κ2) is 25.1. The Morgan fingerprint density at radius 1 is 0.868 bits per heavy atom.